The quantitative estimate of drug-likeness (QED) is 0.883. The summed E-state index contributed by atoms with van der Waals surface area (Å²) in [5, 5.41) is 4.54. The number of nitrogens with one attached hydrogen (secondary N) is 1. The fourth-order valence-corrected chi connectivity index (χ4v) is 4.26. The first-order valence-electron chi connectivity index (χ1n) is 7.92. The highest BCUT2D eigenvalue weighted by molar-refractivity contribution is 6.34. The molecule has 2 aliphatic rings. The molecule has 2 unspecified atom stereocenters. The summed E-state index contributed by atoms with van der Waals surface area (Å²) >= 11 is 6.36. The molecule has 2 aliphatic carbocycles. The van der Waals surface area contributed by atoms with Crippen LogP contribution in [0.25, 0.3) is 0 Å². The third-order valence-electron chi connectivity index (χ3n) is 5.20. The van der Waals surface area contributed by atoms with Crippen LogP contribution in [0.15, 0.2) is 18.2 Å². The molecule has 3 nitrogen and oxygen atoms in total. The second kappa shape index (κ2) is 5.69. The van der Waals surface area contributed by atoms with E-state index in [9.17, 15) is 0 Å². The topological polar surface area (TPSA) is 24.5 Å². The fraction of sp³-hybridized carbons (Fsp3) is 0.647. The van der Waals surface area contributed by atoms with Crippen LogP contribution in [0.4, 0.5) is 11.4 Å². The molecule has 1 N–H and O–H groups in total. The molecule has 0 bridgehead atoms. The zero-order valence-corrected chi connectivity index (χ0v) is 13.9. The summed E-state index contributed by atoms with van der Waals surface area (Å²) in [4.78, 5) is 2.08. The van der Waals surface area contributed by atoms with Gasteiger partial charge in [-0.05, 0) is 38.3 Å². The van der Waals surface area contributed by atoms with Crippen molar-refractivity contribution in [2.75, 3.05) is 30.9 Å². The first-order chi connectivity index (χ1) is 10.1. The molecule has 0 heterocycles. The highest BCUT2D eigenvalue weighted by atomic mass is 35.5. The molecule has 0 aromatic heterocycles. The van der Waals surface area contributed by atoms with Crippen molar-refractivity contribution in [3.05, 3.63) is 23.2 Å². The number of nitrogens with zero attached hydrogens (tertiary/aromatic N) is 1. The van der Waals surface area contributed by atoms with Crippen LogP contribution >= 0.6 is 11.6 Å². The second-order valence-corrected chi connectivity index (χ2v) is 6.90. The van der Waals surface area contributed by atoms with E-state index in [0.29, 0.717) is 17.6 Å². The molecule has 116 valence electrons. The maximum absolute atomic E-state index is 6.36. The predicted molar refractivity (Wildman–Crippen MR) is 89.5 cm³/mol. The summed E-state index contributed by atoms with van der Waals surface area (Å²) in [6.45, 7) is 2.91. The Bertz CT molecular complexity index is 514. The van der Waals surface area contributed by atoms with E-state index in [1.54, 1.807) is 0 Å². The third-order valence-corrected chi connectivity index (χ3v) is 5.51. The van der Waals surface area contributed by atoms with Gasteiger partial charge in [-0.15, -0.1) is 0 Å². The van der Waals surface area contributed by atoms with Crippen molar-refractivity contribution in [1.82, 2.24) is 0 Å². The highest BCUT2D eigenvalue weighted by Gasteiger charge is 2.59. The Balaban J connectivity index is 1.78. The zero-order chi connectivity index (χ0) is 15.0. The number of anilines is 2. The van der Waals surface area contributed by atoms with E-state index in [4.69, 9.17) is 16.3 Å². The number of para-hydroxylation sites is 1. The molecule has 0 amide bonds. The zero-order valence-electron chi connectivity index (χ0n) is 13.2. The average Bonchev–Trinajstić information content (AvgIpc) is 2.35. The minimum atomic E-state index is 0.363. The van der Waals surface area contributed by atoms with Gasteiger partial charge < -0.3 is 15.0 Å². The first-order valence-corrected chi connectivity index (χ1v) is 8.30. The number of ether oxygens (including phenoxy) is 1. The van der Waals surface area contributed by atoms with Gasteiger partial charge in [-0.1, -0.05) is 24.1 Å². The van der Waals surface area contributed by atoms with Crippen LogP contribution in [0.2, 0.25) is 5.02 Å². The van der Waals surface area contributed by atoms with Crippen LogP contribution in [0.1, 0.15) is 32.6 Å². The number of rotatable bonds is 5. The van der Waals surface area contributed by atoms with Gasteiger partial charge in [0.25, 0.3) is 0 Å². The molecule has 2 atom stereocenters. The van der Waals surface area contributed by atoms with Crippen molar-refractivity contribution in [3.8, 4) is 0 Å². The van der Waals surface area contributed by atoms with E-state index >= 15 is 0 Å². The lowest BCUT2D eigenvalue weighted by molar-refractivity contribution is -0.157. The standard InChI is InChI=1S/C17H25ClN2O/c1-4-21-15-11-14(17(15)9-6-10-17)19-13-8-5-7-12(18)16(13)20(2)3/h5,7-8,14-15,19H,4,6,9-11H2,1-3H3. The smallest absolute Gasteiger partial charge is 0.0786 e. The van der Waals surface area contributed by atoms with Crippen LogP contribution in [0.5, 0.6) is 0 Å². The van der Waals surface area contributed by atoms with Crippen molar-refractivity contribution in [2.45, 2.75) is 44.8 Å². The van der Waals surface area contributed by atoms with Gasteiger partial charge in [0.2, 0.25) is 0 Å². The molecule has 0 aliphatic heterocycles. The van der Waals surface area contributed by atoms with Crippen LogP contribution in [-0.4, -0.2) is 32.8 Å². The summed E-state index contributed by atoms with van der Waals surface area (Å²) < 4.78 is 5.93. The Morgan fingerprint density at radius 3 is 2.71 bits per heavy atom. The lowest BCUT2D eigenvalue weighted by Crippen LogP contribution is -2.64. The number of benzene rings is 1. The molecule has 2 saturated carbocycles. The Kier molecular flexibility index (Phi) is 4.06. The minimum absolute atomic E-state index is 0.363. The molecule has 3 rings (SSSR count). The number of hydrogen-bond donors (Lipinski definition) is 1. The number of halogens is 1. The van der Waals surface area contributed by atoms with Crippen molar-refractivity contribution in [1.29, 1.82) is 0 Å². The van der Waals surface area contributed by atoms with Crippen LogP contribution in [0, 0.1) is 5.41 Å². The monoisotopic (exact) mass is 308 g/mol. The average molecular weight is 309 g/mol. The van der Waals surface area contributed by atoms with Gasteiger partial charge in [0, 0.05) is 32.2 Å². The van der Waals surface area contributed by atoms with E-state index < -0.39 is 0 Å². The van der Waals surface area contributed by atoms with Crippen LogP contribution < -0.4 is 10.2 Å². The van der Waals surface area contributed by atoms with Gasteiger partial charge in [0.05, 0.1) is 22.5 Å². The molecule has 1 spiro atoms. The van der Waals surface area contributed by atoms with Crippen molar-refractivity contribution in [3.63, 3.8) is 0 Å². The molecule has 4 heteroatoms. The Morgan fingerprint density at radius 2 is 2.14 bits per heavy atom. The molecular weight excluding hydrogens is 284 g/mol. The van der Waals surface area contributed by atoms with Crippen LogP contribution in [-0.2, 0) is 4.74 Å². The highest BCUT2D eigenvalue weighted by Crippen LogP contribution is 2.58. The summed E-state index contributed by atoms with van der Waals surface area (Å²) in [5.74, 6) is 0. The lowest BCUT2D eigenvalue weighted by atomic mass is 9.51. The molecule has 0 saturated heterocycles. The maximum Gasteiger partial charge on any atom is 0.0786 e. The largest absolute Gasteiger partial charge is 0.380 e. The SMILES string of the molecule is CCOC1CC(Nc2cccc(Cl)c2N(C)C)C12CCC2. The molecule has 2 fully saturated rings. The minimum Gasteiger partial charge on any atom is -0.380 e. The second-order valence-electron chi connectivity index (χ2n) is 6.49. The van der Waals surface area contributed by atoms with Crippen molar-refractivity contribution in [2.24, 2.45) is 5.41 Å². The Morgan fingerprint density at radius 1 is 1.38 bits per heavy atom. The van der Waals surface area contributed by atoms with E-state index in [1.807, 2.05) is 26.2 Å². The van der Waals surface area contributed by atoms with E-state index in [0.717, 1.165) is 29.4 Å². The summed E-state index contributed by atoms with van der Waals surface area (Å²) in [6, 6.07) is 6.61. The van der Waals surface area contributed by atoms with E-state index in [1.165, 1.54) is 19.3 Å². The molecular formula is C17H25ClN2O. The maximum atomic E-state index is 6.36. The molecule has 1 aromatic carbocycles. The summed E-state index contributed by atoms with van der Waals surface area (Å²) in [6.07, 6.45) is 5.45. The van der Waals surface area contributed by atoms with Gasteiger partial charge in [0.1, 0.15) is 0 Å². The van der Waals surface area contributed by atoms with E-state index in [2.05, 4.69) is 23.2 Å². The van der Waals surface area contributed by atoms with Gasteiger partial charge in [-0.3, -0.25) is 0 Å². The van der Waals surface area contributed by atoms with Gasteiger partial charge in [-0.2, -0.15) is 0 Å². The van der Waals surface area contributed by atoms with Gasteiger partial charge in [-0.25, -0.2) is 0 Å². The summed E-state index contributed by atoms with van der Waals surface area (Å²) in [5.41, 5.74) is 2.58. The normalized spacial score (nSPS) is 26.1. The van der Waals surface area contributed by atoms with Gasteiger partial charge in [0.15, 0.2) is 0 Å². The van der Waals surface area contributed by atoms with E-state index in [-0.39, 0.29) is 0 Å². The lowest BCUT2D eigenvalue weighted by Gasteiger charge is -2.61. The Labute approximate surface area is 132 Å². The summed E-state index contributed by atoms with van der Waals surface area (Å²) in [7, 11) is 4.07. The number of hydrogen-bond acceptors (Lipinski definition) is 3. The first kappa shape index (κ1) is 15.0. The molecule has 1 aromatic rings. The molecule has 0 radical (unpaired) electrons. The predicted octanol–water partition coefficient (Wildman–Crippen LogP) is 4.17. The van der Waals surface area contributed by atoms with Gasteiger partial charge >= 0.3 is 0 Å². The van der Waals surface area contributed by atoms with Crippen molar-refractivity contribution >= 4 is 23.0 Å². The fourth-order valence-electron chi connectivity index (χ4n) is 3.91. The van der Waals surface area contributed by atoms with Crippen LogP contribution in [0.3, 0.4) is 0 Å². The van der Waals surface area contributed by atoms with Crippen molar-refractivity contribution < 1.29 is 4.74 Å². The molecule has 21 heavy (non-hydrogen) atoms. The Hall–Kier alpha value is -0.930. The third kappa shape index (κ3) is 2.40.